The zero-order valence-corrected chi connectivity index (χ0v) is 13.0. The molecule has 0 radical (unpaired) electrons. The minimum absolute atomic E-state index is 0.214. The summed E-state index contributed by atoms with van der Waals surface area (Å²) in [7, 11) is 0. The van der Waals surface area contributed by atoms with E-state index in [9.17, 15) is 4.79 Å². The van der Waals surface area contributed by atoms with Crippen molar-refractivity contribution in [1.82, 2.24) is 15.5 Å². The monoisotopic (exact) mass is 313 g/mol. The molecule has 2 aromatic heterocycles. The summed E-state index contributed by atoms with van der Waals surface area (Å²) in [6.45, 7) is 2.59. The standard InChI is InChI=1S/C17H19N3O3/c1-2-6-12-11-14(20-23-12)17(21)18-10-5-9-16-19-13-7-3-4-8-15(13)22-16/h3-4,7-8,11H,2,5-6,9-10H2,1H3,(H,18,21). The van der Waals surface area contributed by atoms with Crippen LogP contribution < -0.4 is 5.32 Å². The maximum atomic E-state index is 11.9. The summed E-state index contributed by atoms with van der Waals surface area (Å²) in [4.78, 5) is 16.3. The maximum Gasteiger partial charge on any atom is 0.273 e. The normalized spacial score (nSPS) is 11.0. The first-order valence-electron chi connectivity index (χ1n) is 7.84. The molecular formula is C17H19N3O3. The highest BCUT2D eigenvalue weighted by Gasteiger charge is 2.12. The number of oxazole rings is 1. The van der Waals surface area contributed by atoms with Gasteiger partial charge in [0.25, 0.3) is 5.91 Å². The van der Waals surface area contributed by atoms with Gasteiger partial charge in [0.1, 0.15) is 11.3 Å². The molecule has 0 aliphatic carbocycles. The number of benzene rings is 1. The molecule has 0 aliphatic rings. The van der Waals surface area contributed by atoms with E-state index in [-0.39, 0.29) is 5.91 Å². The van der Waals surface area contributed by atoms with Gasteiger partial charge in [0.2, 0.25) is 0 Å². The maximum absolute atomic E-state index is 11.9. The number of nitrogens with one attached hydrogen (secondary N) is 1. The quantitative estimate of drug-likeness (QED) is 0.678. The molecule has 0 aliphatic heterocycles. The molecule has 6 heteroatoms. The molecule has 23 heavy (non-hydrogen) atoms. The Hall–Kier alpha value is -2.63. The minimum atomic E-state index is -0.214. The van der Waals surface area contributed by atoms with Crippen molar-refractivity contribution in [1.29, 1.82) is 0 Å². The van der Waals surface area contributed by atoms with Crippen molar-refractivity contribution >= 4 is 17.0 Å². The Balaban J connectivity index is 1.46. The molecule has 0 fully saturated rings. The Morgan fingerprint density at radius 1 is 1.26 bits per heavy atom. The van der Waals surface area contributed by atoms with Crippen LogP contribution in [0.4, 0.5) is 0 Å². The van der Waals surface area contributed by atoms with E-state index in [1.54, 1.807) is 6.07 Å². The molecule has 120 valence electrons. The number of carbonyl (C=O) groups excluding carboxylic acids is 1. The number of hydrogen-bond acceptors (Lipinski definition) is 5. The molecule has 0 saturated carbocycles. The van der Waals surface area contributed by atoms with Crippen LogP contribution in [0.15, 0.2) is 39.3 Å². The molecule has 3 aromatic rings. The lowest BCUT2D eigenvalue weighted by Gasteiger charge is -2.00. The average molecular weight is 313 g/mol. The van der Waals surface area contributed by atoms with Crippen LogP contribution in [0.25, 0.3) is 11.1 Å². The summed E-state index contributed by atoms with van der Waals surface area (Å²) in [6.07, 6.45) is 3.17. The van der Waals surface area contributed by atoms with Crippen molar-refractivity contribution in [3.63, 3.8) is 0 Å². The Kier molecular flexibility index (Phi) is 4.71. The second kappa shape index (κ2) is 7.09. The summed E-state index contributed by atoms with van der Waals surface area (Å²) in [6, 6.07) is 9.36. The van der Waals surface area contributed by atoms with E-state index in [0.717, 1.165) is 36.1 Å². The number of hydrogen-bond donors (Lipinski definition) is 1. The summed E-state index contributed by atoms with van der Waals surface area (Å²) in [5, 5.41) is 6.61. The summed E-state index contributed by atoms with van der Waals surface area (Å²) in [5.74, 6) is 1.21. The van der Waals surface area contributed by atoms with Gasteiger partial charge in [-0.05, 0) is 25.0 Å². The van der Waals surface area contributed by atoms with Crippen LogP contribution in [-0.4, -0.2) is 22.6 Å². The molecule has 1 amide bonds. The van der Waals surface area contributed by atoms with Gasteiger partial charge in [-0.1, -0.05) is 24.2 Å². The van der Waals surface area contributed by atoms with Crippen LogP contribution >= 0.6 is 0 Å². The Morgan fingerprint density at radius 2 is 2.13 bits per heavy atom. The lowest BCUT2D eigenvalue weighted by Crippen LogP contribution is -2.25. The zero-order valence-electron chi connectivity index (χ0n) is 13.0. The number of amides is 1. The average Bonchev–Trinajstić information content (AvgIpc) is 3.18. The lowest BCUT2D eigenvalue weighted by molar-refractivity contribution is 0.0944. The number of carbonyl (C=O) groups is 1. The highest BCUT2D eigenvalue weighted by molar-refractivity contribution is 5.92. The molecular weight excluding hydrogens is 294 g/mol. The molecule has 0 spiro atoms. The van der Waals surface area contributed by atoms with Crippen molar-refractivity contribution in [3.8, 4) is 0 Å². The van der Waals surface area contributed by atoms with Crippen molar-refractivity contribution < 1.29 is 13.7 Å². The van der Waals surface area contributed by atoms with Gasteiger partial charge in [-0.15, -0.1) is 0 Å². The van der Waals surface area contributed by atoms with E-state index in [0.29, 0.717) is 24.6 Å². The van der Waals surface area contributed by atoms with Gasteiger partial charge < -0.3 is 14.3 Å². The van der Waals surface area contributed by atoms with Gasteiger partial charge in [-0.2, -0.15) is 0 Å². The molecule has 2 heterocycles. The third kappa shape index (κ3) is 3.77. The second-order valence-corrected chi connectivity index (χ2v) is 5.36. The summed E-state index contributed by atoms with van der Waals surface area (Å²) >= 11 is 0. The number of rotatable bonds is 7. The predicted octanol–water partition coefficient (Wildman–Crippen LogP) is 3.13. The van der Waals surface area contributed by atoms with E-state index < -0.39 is 0 Å². The van der Waals surface area contributed by atoms with Crippen LogP contribution in [-0.2, 0) is 12.8 Å². The smallest absolute Gasteiger partial charge is 0.273 e. The third-order valence-electron chi connectivity index (χ3n) is 3.48. The Bertz CT molecular complexity index is 758. The van der Waals surface area contributed by atoms with Crippen LogP contribution in [0.3, 0.4) is 0 Å². The highest BCUT2D eigenvalue weighted by Crippen LogP contribution is 2.15. The number of para-hydroxylation sites is 2. The number of aromatic nitrogens is 2. The minimum Gasteiger partial charge on any atom is -0.441 e. The van der Waals surface area contributed by atoms with E-state index in [2.05, 4.69) is 15.5 Å². The third-order valence-corrected chi connectivity index (χ3v) is 3.48. The first kappa shape index (κ1) is 15.3. The molecule has 0 bridgehead atoms. The Morgan fingerprint density at radius 3 is 2.96 bits per heavy atom. The number of fused-ring (bicyclic) bond motifs is 1. The van der Waals surface area contributed by atoms with Crippen LogP contribution in [0.5, 0.6) is 0 Å². The molecule has 0 saturated heterocycles. The predicted molar refractivity (Wildman–Crippen MR) is 85.2 cm³/mol. The molecule has 1 aromatic carbocycles. The lowest BCUT2D eigenvalue weighted by atomic mass is 10.2. The molecule has 0 atom stereocenters. The molecule has 1 N–H and O–H groups in total. The van der Waals surface area contributed by atoms with E-state index in [1.807, 2.05) is 31.2 Å². The number of nitrogens with zero attached hydrogens (tertiary/aromatic N) is 2. The van der Waals surface area contributed by atoms with Crippen LogP contribution in [0, 0.1) is 0 Å². The first-order chi connectivity index (χ1) is 11.3. The fourth-order valence-electron chi connectivity index (χ4n) is 2.34. The van der Waals surface area contributed by atoms with E-state index in [1.165, 1.54) is 0 Å². The van der Waals surface area contributed by atoms with Crippen LogP contribution in [0.1, 0.15) is 41.9 Å². The van der Waals surface area contributed by atoms with Gasteiger partial charge in [0.15, 0.2) is 17.2 Å². The van der Waals surface area contributed by atoms with Gasteiger partial charge >= 0.3 is 0 Å². The van der Waals surface area contributed by atoms with Crippen molar-refractivity contribution in [2.75, 3.05) is 6.54 Å². The highest BCUT2D eigenvalue weighted by atomic mass is 16.5. The molecule has 6 nitrogen and oxygen atoms in total. The van der Waals surface area contributed by atoms with Crippen LogP contribution in [0.2, 0.25) is 0 Å². The SMILES string of the molecule is CCCc1cc(C(=O)NCCCc2nc3ccccc3o2)no1. The van der Waals surface area contributed by atoms with Crippen molar-refractivity contribution in [2.45, 2.75) is 32.6 Å². The number of aryl methyl sites for hydroxylation is 2. The molecule has 0 unspecified atom stereocenters. The summed E-state index contributed by atoms with van der Waals surface area (Å²) in [5.41, 5.74) is 1.98. The van der Waals surface area contributed by atoms with Gasteiger partial charge in [-0.25, -0.2) is 4.98 Å². The van der Waals surface area contributed by atoms with Gasteiger partial charge in [-0.3, -0.25) is 4.79 Å². The largest absolute Gasteiger partial charge is 0.441 e. The Labute approximate surface area is 133 Å². The summed E-state index contributed by atoms with van der Waals surface area (Å²) < 4.78 is 10.7. The van der Waals surface area contributed by atoms with Gasteiger partial charge in [0, 0.05) is 25.5 Å². The van der Waals surface area contributed by atoms with E-state index >= 15 is 0 Å². The van der Waals surface area contributed by atoms with E-state index in [4.69, 9.17) is 8.94 Å². The molecule has 3 rings (SSSR count). The fourth-order valence-corrected chi connectivity index (χ4v) is 2.34. The zero-order chi connectivity index (χ0) is 16.1. The van der Waals surface area contributed by atoms with Crippen molar-refractivity contribution in [2.24, 2.45) is 0 Å². The van der Waals surface area contributed by atoms with Gasteiger partial charge in [0.05, 0.1) is 0 Å². The first-order valence-corrected chi connectivity index (χ1v) is 7.84. The van der Waals surface area contributed by atoms with Crippen molar-refractivity contribution in [3.05, 3.63) is 47.7 Å². The topological polar surface area (TPSA) is 81.2 Å². The second-order valence-electron chi connectivity index (χ2n) is 5.36. The fraction of sp³-hybridized carbons (Fsp3) is 0.353.